The number of benzene rings is 1. The molecule has 1 aromatic rings. The minimum absolute atomic E-state index is 0.130. The summed E-state index contributed by atoms with van der Waals surface area (Å²) in [7, 11) is 0. The van der Waals surface area contributed by atoms with Crippen LogP contribution in [0.2, 0.25) is 0 Å². The van der Waals surface area contributed by atoms with Crippen molar-refractivity contribution in [2.45, 2.75) is 44.6 Å². The molecular weight excluding hydrogens is 250 g/mol. The summed E-state index contributed by atoms with van der Waals surface area (Å²) in [5, 5.41) is 2.40. The van der Waals surface area contributed by atoms with E-state index in [0.29, 0.717) is 0 Å². The van der Waals surface area contributed by atoms with Gasteiger partial charge in [-0.25, -0.2) is 8.78 Å². The van der Waals surface area contributed by atoms with Gasteiger partial charge in [-0.1, -0.05) is 12.8 Å². The van der Waals surface area contributed by atoms with E-state index in [1.54, 1.807) is 0 Å². The van der Waals surface area contributed by atoms with Crippen LogP contribution in [0.4, 0.5) is 14.5 Å². The number of carbonyl (C=O) groups is 1. The first-order valence-corrected chi connectivity index (χ1v) is 6.44. The predicted octanol–water partition coefficient (Wildman–Crippen LogP) is 2.87. The third kappa shape index (κ3) is 3.29. The van der Waals surface area contributed by atoms with E-state index in [2.05, 4.69) is 5.32 Å². The maximum atomic E-state index is 13.6. The highest BCUT2D eigenvalue weighted by Crippen LogP contribution is 2.30. The molecule has 0 atom stereocenters. The molecule has 0 radical (unpaired) electrons. The third-order valence-corrected chi connectivity index (χ3v) is 3.63. The molecule has 0 bridgehead atoms. The first-order chi connectivity index (χ1) is 8.89. The topological polar surface area (TPSA) is 55.1 Å². The summed E-state index contributed by atoms with van der Waals surface area (Å²) in [5.41, 5.74) is 5.66. The number of hydrogen-bond acceptors (Lipinski definition) is 2. The highest BCUT2D eigenvalue weighted by molar-refractivity contribution is 5.91. The molecule has 0 aliphatic heterocycles. The Kier molecular flexibility index (Phi) is 3.85. The summed E-state index contributed by atoms with van der Waals surface area (Å²) in [6.45, 7) is 1.47. The van der Waals surface area contributed by atoms with E-state index in [4.69, 9.17) is 5.73 Å². The van der Waals surface area contributed by atoms with Crippen molar-refractivity contribution in [1.29, 1.82) is 0 Å². The maximum absolute atomic E-state index is 13.6. The molecule has 3 nitrogen and oxygen atoms in total. The van der Waals surface area contributed by atoms with E-state index in [9.17, 15) is 13.6 Å². The molecular formula is C14H18F2N2O. The van der Waals surface area contributed by atoms with Crippen LogP contribution in [0.15, 0.2) is 12.1 Å². The largest absolute Gasteiger partial charge is 0.325 e. The zero-order chi connectivity index (χ0) is 14.0. The van der Waals surface area contributed by atoms with Crippen molar-refractivity contribution in [3.8, 4) is 0 Å². The molecule has 0 saturated heterocycles. The van der Waals surface area contributed by atoms with Crippen LogP contribution in [0.25, 0.3) is 0 Å². The fraction of sp³-hybridized carbons (Fsp3) is 0.500. The van der Waals surface area contributed by atoms with Crippen LogP contribution in [0.5, 0.6) is 0 Å². The lowest BCUT2D eigenvalue weighted by Crippen LogP contribution is -2.40. The lowest BCUT2D eigenvalue weighted by Gasteiger charge is -2.22. The van der Waals surface area contributed by atoms with Crippen LogP contribution in [0, 0.1) is 18.6 Å². The van der Waals surface area contributed by atoms with Crippen molar-refractivity contribution < 1.29 is 13.6 Å². The van der Waals surface area contributed by atoms with Gasteiger partial charge in [0.15, 0.2) is 0 Å². The van der Waals surface area contributed by atoms with Gasteiger partial charge in [-0.15, -0.1) is 0 Å². The van der Waals surface area contributed by atoms with Gasteiger partial charge in [0.05, 0.1) is 5.69 Å². The molecule has 0 heterocycles. The predicted molar refractivity (Wildman–Crippen MR) is 69.7 cm³/mol. The molecule has 1 saturated carbocycles. The SMILES string of the molecule is Cc1cc(F)c(NC(=O)CC2(N)CCCC2)cc1F. The number of nitrogens with one attached hydrogen (secondary N) is 1. The smallest absolute Gasteiger partial charge is 0.226 e. The summed E-state index contributed by atoms with van der Waals surface area (Å²) < 4.78 is 26.9. The molecule has 0 unspecified atom stereocenters. The summed E-state index contributed by atoms with van der Waals surface area (Å²) in [5.74, 6) is -1.55. The molecule has 0 spiro atoms. The fourth-order valence-electron chi connectivity index (χ4n) is 2.51. The number of carbonyl (C=O) groups excluding carboxylic acids is 1. The highest BCUT2D eigenvalue weighted by atomic mass is 19.1. The number of rotatable bonds is 3. The first kappa shape index (κ1) is 13.9. The number of halogens is 2. The lowest BCUT2D eigenvalue weighted by molar-refractivity contribution is -0.117. The Balaban J connectivity index is 2.05. The van der Waals surface area contributed by atoms with Crippen molar-refractivity contribution in [2.75, 3.05) is 5.32 Å². The standard InChI is InChI=1S/C14H18F2N2O/c1-9-6-11(16)12(7-10(9)15)18-13(19)8-14(17)4-2-3-5-14/h6-7H,2-5,8,17H2,1H3,(H,18,19). The second-order valence-corrected chi connectivity index (χ2v) is 5.38. The van der Waals surface area contributed by atoms with Crippen molar-refractivity contribution in [1.82, 2.24) is 0 Å². The molecule has 2 rings (SSSR count). The molecule has 1 aliphatic rings. The zero-order valence-electron chi connectivity index (χ0n) is 10.9. The van der Waals surface area contributed by atoms with Gasteiger partial charge in [-0.05, 0) is 31.4 Å². The van der Waals surface area contributed by atoms with Gasteiger partial charge in [0, 0.05) is 18.0 Å². The molecule has 3 N–H and O–H groups in total. The summed E-state index contributed by atoms with van der Waals surface area (Å²) in [6.07, 6.45) is 3.76. The molecule has 1 aliphatic carbocycles. The zero-order valence-corrected chi connectivity index (χ0v) is 10.9. The maximum Gasteiger partial charge on any atom is 0.226 e. The van der Waals surface area contributed by atoms with Gasteiger partial charge in [-0.3, -0.25) is 4.79 Å². The highest BCUT2D eigenvalue weighted by Gasteiger charge is 2.31. The molecule has 0 aromatic heterocycles. The molecule has 1 fully saturated rings. The number of nitrogens with two attached hydrogens (primary N) is 1. The normalized spacial score (nSPS) is 17.5. The van der Waals surface area contributed by atoms with Gasteiger partial charge < -0.3 is 11.1 Å². The van der Waals surface area contributed by atoms with Crippen molar-refractivity contribution in [2.24, 2.45) is 5.73 Å². The summed E-state index contributed by atoms with van der Waals surface area (Å²) in [4.78, 5) is 11.8. The van der Waals surface area contributed by atoms with Gasteiger partial charge >= 0.3 is 0 Å². The van der Waals surface area contributed by atoms with Gasteiger partial charge in [0.25, 0.3) is 0 Å². The Morgan fingerprint density at radius 1 is 1.32 bits per heavy atom. The van der Waals surface area contributed by atoms with Crippen LogP contribution < -0.4 is 11.1 Å². The Morgan fingerprint density at radius 3 is 2.58 bits per heavy atom. The van der Waals surface area contributed by atoms with E-state index < -0.39 is 17.2 Å². The number of amides is 1. The molecule has 5 heteroatoms. The van der Waals surface area contributed by atoms with Gasteiger partial charge in [0.1, 0.15) is 11.6 Å². The summed E-state index contributed by atoms with van der Waals surface area (Å²) >= 11 is 0. The third-order valence-electron chi connectivity index (χ3n) is 3.63. The Morgan fingerprint density at radius 2 is 1.95 bits per heavy atom. The lowest BCUT2D eigenvalue weighted by atomic mass is 9.94. The molecule has 1 amide bonds. The Hall–Kier alpha value is -1.49. The quantitative estimate of drug-likeness (QED) is 0.885. The molecule has 19 heavy (non-hydrogen) atoms. The number of hydrogen-bond donors (Lipinski definition) is 2. The monoisotopic (exact) mass is 268 g/mol. The van der Waals surface area contributed by atoms with Crippen LogP contribution in [0.3, 0.4) is 0 Å². The van der Waals surface area contributed by atoms with E-state index >= 15 is 0 Å². The van der Waals surface area contributed by atoms with Crippen molar-refractivity contribution in [3.63, 3.8) is 0 Å². The van der Waals surface area contributed by atoms with Gasteiger partial charge in [0.2, 0.25) is 5.91 Å². The van der Waals surface area contributed by atoms with Crippen molar-refractivity contribution >= 4 is 11.6 Å². The number of anilines is 1. The van der Waals surface area contributed by atoms with Crippen molar-refractivity contribution in [3.05, 3.63) is 29.3 Å². The average molecular weight is 268 g/mol. The summed E-state index contributed by atoms with van der Waals surface area (Å²) in [6, 6.07) is 2.07. The minimum Gasteiger partial charge on any atom is -0.325 e. The second-order valence-electron chi connectivity index (χ2n) is 5.38. The first-order valence-electron chi connectivity index (χ1n) is 6.44. The Labute approximate surface area is 111 Å². The van der Waals surface area contributed by atoms with E-state index in [0.717, 1.165) is 37.8 Å². The van der Waals surface area contributed by atoms with Crippen LogP contribution in [0.1, 0.15) is 37.7 Å². The van der Waals surface area contributed by atoms with E-state index in [1.165, 1.54) is 6.92 Å². The van der Waals surface area contributed by atoms with Crippen LogP contribution >= 0.6 is 0 Å². The number of aryl methyl sites for hydroxylation is 1. The Bertz CT molecular complexity index is 496. The average Bonchev–Trinajstić information content (AvgIpc) is 2.72. The molecule has 1 aromatic carbocycles. The second kappa shape index (κ2) is 5.25. The van der Waals surface area contributed by atoms with E-state index in [-0.39, 0.29) is 23.6 Å². The fourth-order valence-corrected chi connectivity index (χ4v) is 2.51. The molecule has 104 valence electrons. The van der Waals surface area contributed by atoms with Crippen LogP contribution in [-0.4, -0.2) is 11.4 Å². The van der Waals surface area contributed by atoms with Crippen LogP contribution in [-0.2, 0) is 4.79 Å². The van der Waals surface area contributed by atoms with E-state index in [1.807, 2.05) is 0 Å². The minimum atomic E-state index is -0.634. The van der Waals surface area contributed by atoms with Gasteiger partial charge in [-0.2, -0.15) is 0 Å².